The van der Waals surface area contributed by atoms with Crippen molar-refractivity contribution in [1.82, 2.24) is 9.97 Å². The molecule has 0 aliphatic carbocycles. The van der Waals surface area contributed by atoms with Gasteiger partial charge >= 0.3 is 0 Å². The third kappa shape index (κ3) is 2.87. The number of nitrogen functional groups attached to an aromatic ring is 1. The quantitative estimate of drug-likeness (QED) is 0.475. The third-order valence-corrected chi connectivity index (χ3v) is 1.54. The number of hydrazine groups is 1. The van der Waals surface area contributed by atoms with Crippen LogP contribution in [0.1, 0.15) is 19.2 Å². The van der Waals surface area contributed by atoms with Crippen LogP contribution in [0.15, 0.2) is 6.07 Å². The Hall–Kier alpha value is -1.36. The van der Waals surface area contributed by atoms with Crippen molar-refractivity contribution in [2.75, 3.05) is 17.3 Å². The number of nitrogens with two attached hydrogens (primary N) is 1. The minimum absolute atomic E-state index is 0.631. The Kier molecular flexibility index (Phi) is 3.45. The molecule has 1 rings (SSSR count). The highest BCUT2D eigenvalue weighted by Crippen LogP contribution is 2.09. The molecule has 1 aromatic heterocycles. The second-order valence-corrected chi connectivity index (χ2v) is 2.76. The second-order valence-electron chi connectivity index (χ2n) is 2.76. The topological polar surface area (TPSA) is 75.9 Å². The average molecular weight is 181 g/mol. The van der Waals surface area contributed by atoms with Gasteiger partial charge in [0.1, 0.15) is 17.5 Å². The van der Waals surface area contributed by atoms with E-state index in [1.54, 1.807) is 6.07 Å². The van der Waals surface area contributed by atoms with Crippen molar-refractivity contribution in [2.45, 2.75) is 20.3 Å². The SMILES string of the molecule is CCCNc1cc(NN)nc(C)n1. The van der Waals surface area contributed by atoms with E-state index in [0.29, 0.717) is 11.6 Å². The molecular weight excluding hydrogens is 166 g/mol. The Morgan fingerprint density at radius 3 is 2.69 bits per heavy atom. The molecular formula is C8H15N5. The van der Waals surface area contributed by atoms with Gasteiger partial charge in [0.15, 0.2) is 0 Å². The number of nitrogens with zero attached hydrogens (tertiary/aromatic N) is 2. The van der Waals surface area contributed by atoms with Crippen LogP contribution in [-0.4, -0.2) is 16.5 Å². The predicted molar refractivity (Wildman–Crippen MR) is 53.4 cm³/mol. The summed E-state index contributed by atoms with van der Waals surface area (Å²) in [6, 6.07) is 1.78. The van der Waals surface area contributed by atoms with Gasteiger partial charge < -0.3 is 10.7 Å². The van der Waals surface area contributed by atoms with Gasteiger partial charge in [-0.2, -0.15) is 0 Å². The van der Waals surface area contributed by atoms with Gasteiger partial charge in [-0.15, -0.1) is 0 Å². The summed E-state index contributed by atoms with van der Waals surface area (Å²) in [5.41, 5.74) is 2.49. The van der Waals surface area contributed by atoms with Crippen molar-refractivity contribution in [3.05, 3.63) is 11.9 Å². The first kappa shape index (κ1) is 9.73. The highest BCUT2D eigenvalue weighted by atomic mass is 15.3. The Bertz CT molecular complexity index is 273. The predicted octanol–water partition coefficient (Wildman–Crippen LogP) is 0.893. The average Bonchev–Trinajstić information content (AvgIpc) is 2.14. The fraction of sp³-hybridized carbons (Fsp3) is 0.500. The Morgan fingerprint density at radius 1 is 1.38 bits per heavy atom. The van der Waals surface area contributed by atoms with Crippen LogP contribution in [0.2, 0.25) is 0 Å². The number of nitrogens with one attached hydrogen (secondary N) is 2. The molecule has 0 atom stereocenters. The maximum Gasteiger partial charge on any atom is 0.145 e. The first-order valence-electron chi connectivity index (χ1n) is 4.32. The molecule has 1 aromatic rings. The normalized spacial score (nSPS) is 9.77. The molecule has 0 amide bonds. The van der Waals surface area contributed by atoms with Crippen LogP contribution in [-0.2, 0) is 0 Å². The highest BCUT2D eigenvalue weighted by molar-refractivity contribution is 5.46. The van der Waals surface area contributed by atoms with Crippen molar-refractivity contribution < 1.29 is 0 Å². The van der Waals surface area contributed by atoms with Gasteiger partial charge in [-0.25, -0.2) is 15.8 Å². The zero-order chi connectivity index (χ0) is 9.68. The van der Waals surface area contributed by atoms with Gasteiger partial charge in [0.25, 0.3) is 0 Å². The molecule has 0 aliphatic rings. The first-order chi connectivity index (χ1) is 6.26. The fourth-order valence-corrected chi connectivity index (χ4v) is 0.985. The van der Waals surface area contributed by atoms with Crippen LogP contribution >= 0.6 is 0 Å². The van der Waals surface area contributed by atoms with Gasteiger partial charge in [-0.1, -0.05) is 6.92 Å². The third-order valence-electron chi connectivity index (χ3n) is 1.54. The molecule has 72 valence electrons. The molecule has 0 aromatic carbocycles. The smallest absolute Gasteiger partial charge is 0.145 e. The molecule has 13 heavy (non-hydrogen) atoms. The lowest BCUT2D eigenvalue weighted by molar-refractivity contribution is 0.953. The summed E-state index contributed by atoms with van der Waals surface area (Å²) in [6.45, 7) is 4.83. The van der Waals surface area contributed by atoms with E-state index in [1.165, 1.54) is 0 Å². The van der Waals surface area contributed by atoms with Crippen molar-refractivity contribution in [1.29, 1.82) is 0 Å². The molecule has 1 heterocycles. The minimum atomic E-state index is 0.631. The molecule has 5 nitrogen and oxygen atoms in total. The van der Waals surface area contributed by atoms with Gasteiger partial charge in [-0.05, 0) is 13.3 Å². The Labute approximate surface area is 77.7 Å². The lowest BCUT2D eigenvalue weighted by atomic mass is 10.4. The molecule has 0 radical (unpaired) electrons. The van der Waals surface area contributed by atoms with E-state index in [0.717, 1.165) is 18.8 Å². The standard InChI is InChI=1S/C8H15N5/c1-3-4-10-7-5-8(13-9)12-6(2)11-7/h5H,3-4,9H2,1-2H3,(H2,10,11,12,13). The van der Waals surface area contributed by atoms with Crippen LogP contribution in [0.3, 0.4) is 0 Å². The van der Waals surface area contributed by atoms with Crippen LogP contribution in [0.25, 0.3) is 0 Å². The minimum Gasteiger partial charge on any atom is -0.370 e. The summed E-state index contributed by atoms with van der Waals surface area (Å²) in [4.78, 5) is 8.27. The first-order valence-corrected chi connectivity index (χ1v) is 4.32. The van der Waals surface area contributed by atoms with E-state index >= 15 is 0 Å². The highest BCUT2D eigenvalue weighted by Gasteiger charge is 1.98. The molecule has 0 saturated carbocycles. The molecule has 0 saturated heterocycles. The van der Waals surface area contributed by atoms with Crippen LogP contribution in [0.5, 0.6) is 0 Å². The zero-order valence-electron chi connectivity index (χ0n) is 7.96. The summed E-state index contributed by atoms with van der Waals surface area (Å²) in [5.74, 6) is 7.39. The number of hydrogen-bond acceptors (Lipinski definition) is 5. The molecule has 0 fully saturated rings. The molecule has 0 unspecified atom stereocenters. The summed E-state index contributed by atoms with van der Waals surface area (Å²) in [7, 11) is 0. The molecule has 0 spiro atoms. The van der Waals surface area contributed by atoms with E-state index in [9.17, 15) is 0 Å². The number of hydrogen-bond donors (Lipinski definition) is 3. The lowest BCUT2D eigenvalue weighted by Crippen LogP contribution is -2.11. The Balaban J connectivity index is 2.76. The summed E-state index contributed by atoms with van der Waals surface area (Å²) in [6.07, 6.45) is 1.06. The van der Waals surface area contributed by atoms with Gasteiger partial charge in [0, 0.05) is 12.6 Å². The maximum absolute atomic E-state index is 5.25. The Morgan fingerprint density at radius 2 is 2.08 bits per heavy atom. The van der Waals surface area contributed by atoms with E-state index in [1.807, 2.05) is 6.92 Å². The number of anilines is 2. The molecule has 0 aliphatic heterocycles. The van der Waals surface area contributed by atoms with Gasteiger partial charge in [-0.3, -0.25) is 0 Å². The number of aromatic nitrogens is 2. The van der Waals surface area contributed by atoms with E-state index in [-0.39, 0.29) is 0 Å². The van der Waals surface area contributed by atoms with Gasteiger partial charge in [0.05, 0.1) is 0 Å². The molecule has 0 bridgehead atoms. The van der Waals surface area contributed by atoms with Crippen molar-refractivity contribution in [2.24, 2.45) is 5.84 Å². The summed E-state index contributed by atoms with van der Waals surface area (Å²) in [5, 5.41) is 3.16. The van der Waals surface area contributed by atoms with Crippen LogP contribution in [0.4, 0.5) is 11.6 Å². The van der Waals surface area contributed by atoms with Crippen molar-refractivity contribution in [3.63, 3.8) is 0 Å². The molecule has 5 heteroatoms. The van der Waals surface area contributed by atoms with Gasteiger partial charge in [0.2, 0.25) is 0 Å². The monoisotopic (exact) mass is 181 g/mol. The zero-order valence-corrected chi connectivity index (χ0v) is 7.96. The fourth-order valence-electron chi connectivity index (χ4n) is 0.985. The van der Waals surface area contributed by atoms with E-state index in [4.69, 9.17) is 5.84 Å². The summed E-state index contributed by atoms with van der Waals surface area (Å²) >= 11 is 0. The van der Waals surface area contributed by atoms with Crippen LogP contribution in [0, 0.1) is 6.92 Å². The second kappa shape index (κ2) is 4.61. The number of aryl methyl sites for hydroxylation is 1. The molecule has 4 N–H and O–H groups in total. The number of rotatable bonds is 4. The lowest BCUT2D eigenvalue weighted by Gasteiger charge is -2.06. The van der Waals surface area contributed by atoms with E-state index < -0.39 is 0 Å². The van der Waals surface area contributed by atoms with Crippen molar-refractivity contribution in [3.8, 4) is 0 Å². The van der Waals surface area contributed by atoms with Crippen molar-refractivity contribution >= 4 is 11.6 Å². The largest absolute Gasteiger partial charge is 0.370 e. The van der Waals surface area contributed by atoms with E-state index in [2.05, 4.69) is 27.6 Å². The maximum atomic E-state index is 5.25. The summed E-state index contributed by atoms with van der Waals surface area (Å²) < 4.78 is 0. The van der Waals surface area contributed by atoms with Crippen LogP contribution < -0.4 is 16.6 Å².